The van der Waals surface area contributed by atoms with E-state index in [0.29, 0.717) is 10.6 Å². The van der Waals surface area contributed by atoms with Crippen LogP contribution in [0.25, 0.3) is 0 Å². The largest absolute Gasteiger partial charge is 0.494 e. The summed E-state index contributed by atoms with van der Waals surface area (Å²) >= 11 is 5.90. The summed E-state index contributed by atoms with van der Waals surface area (Å²) in [5.41, 5.74) is 1.27. The zero-order valence-electron chi connectivity index (χ0n) is 13.3. The highest BCUT2D eigenvalue weighted by Crippen LogP contribution is 2.18. The number of rotatable bonds is 8. The number of unbranched alkanes of at least 4 members (excludes halogenated alkanes) is 3. The molecule has 0 saturated carbocycles. The van der Waals surface area contributed by atoms with Crippen molar-refractivity contribution in [3.05, 3.63) is 59.1 Å². The van der Waals surface area contributed by atoms with Crippen LogP contribution in [0.15, 0.2) is 48.5 Å². The Kier molecular flexibility index (Phi) is 6.95. The third-order valence-electron chi connectivity index (χ3n) is 3.47. The fourth-order valence-corrected chi connectivity index (χ4v) is 2.38. The van der Waals surface area contributed by atoms with Crippen molar-refractivity contribution in [3.63, 3.8) is 0 Å². The molecule has 0 aliphatic heterocycles. The molecule has 23 heavy (non-hydrogen) atoms. The second-order valence-electron chi connectivity index (χ2n) is 5.40. The molecule has 0 atom stereocenters. The Labute approximate surface area is 142 Å². The minimum absolute atomic E-state index is 0.180. The molecule has 0 saturated heterocycles. The highest BCUT2D eigenvalue weighted by atomic mass is 35.5. The average Bonchev–Trinajstić information content (AvgIpc) is 2.56. The van der Waals surface area contributed by atoms with Gasteiger partial charge in [0.05, 0.1) is 6.61 Å². The van der Waals surface area contributed by atoms with Crippen molar-refractivity contribution < 1.29 is 9.53 Å². The molecule has 0 bridgehead atoms. The lowest BCUT2D eigenvalue weighted by atomic mass is 10.2. The van der Waals surface area contributed by atoms with E-state index in [1.165, 1.54) is 19.3 Å². The van der Waals surface area contributed by atoms with Crippen molar-refractivity contribution in [2.75, 3.05) is 11.9 Å². The number of nitrogens with one attached hydrogen (secondary N) is 1. The van der Waals surface area contributed by atoms with E-state index >= 15 is 0 Å². The molecule has 0 fully saturated rings. The second-order valence-corrected chi connectivity index (χ2v) is 5.83. The van der Waals surface area contributed by atoms with Crippen molar-refractivity contribution in [1.82, 2.24) is 0 Å². The van der Waals surface area contributed by atoms with Crippen LogP contribution < -0.4 is 10.1 Å². The van der Waals surface area contributed by atoms with Crippen molar-refractivity contribution in [3.8, 4) is 5.75 Å². The topological polar surface area (TPSA) is 38.3 Å². The average molecular weight is 332 g/mol. The van der Waals surface area contributed by atoms with E-state index in [9.17, 15) is 4.79 Å². The molecule has 0 radical (unpaired) electrons. The molecule has 1 N–H and O–H groups in total. The smallest absolute Gasteiger partial charge is 0.255 e. The lowest BCUT2D eigenvalue weighted by Gasteiger charge is -2.08. The summed E-state index contributed by atoms with van der Waals surface area (Å²) in [4.78, 5) is 12.1. The molecule has 0 heterocycles. The van der Waals surface area contributed by atoms with E-state index < -0.39 is 0 Å². The van der Waals surface area contributed by atoms with Gasteiger partial charge in [-0.15, -0.1) is 0 Å². The maximum atomic E-state index is 12.1. The van der Waals surface area contributed by atoms with Gasteiger partial charge in [0.1, 0.15) is 5.75 Å². The van der Waals surface area contributed by atoms with Crippen molar-refractivity contribution in [2.45, 2.75) is 32.6 Å². The van der Waals surface area contributed by atoms with Crippen LogP contribution in [0.3, 0.4) is 0 Å². The number of hydrogen-bond acceptors (Lipinski definition) is 2. The molecule has 0 spiro atoms. The van der Waals surface area contributed by atoms with Gasteiger partial charge in [-0.05, 0) is 48.9 Å². The molecule has 0 aromatic heterocycles. The van der Waals surface area contributed by atoms with E-state index in [1.807, 2.05) is 24.3 Å². The lowest BCUT2D eigenvalue weighted by Crippen LogP contribution is -2.11. The standard InChI is InChI=1S/C19H22ClNO2/c1-2-3-4-5-13-23-18-11-9-17(10-12-18)21-19(22)15-7-6-8-16(20)14-15/h6-12,14H,2-5,13H2,1H3,(H,21,22). The molecule has 3 nitrogen and oxygen atoms in total. The molecule has 2 aromatic rings. The number of anilines is 1. The zero-order valence-corrected chi connectivity index (χ0v) is 14.1. The van der Waals surface area contributed by atoms with E-state index in [0.717, 1.165) is 24.5 Å². The summed E-state index contributed by atoms with van der Waals surface area (Å²) in [5, 5.41) is 3.39. The Morgan fingerprint density at radius 2 is 1.87 bits per heavy atom. The molecule has 1 amide bonds. The van der Waals surface area contributed by atoms with Crippen LogP contribution >= 0.6 is 11.6 Å². The lowest BCUT2D eigenvalue weighted by molar-refractivity contribution is 0.102. The molecule has 0 unspecified atom stereocenters. The predicted molar refractivity (Wildman–Crippen MR) is 95.5 cm³/mol. The third-order valence-corrected chi connectivity index (χ3v) is 3.70. The van der Waals surface area contributed by atoms with Crippen LogP contribution in [0.5, 0.6) is 5.75 Å². The maximum Gasteiger partial charge on any atom is 0.255 e. The first-order valence-corrected chi connectivity index (χ1v) is 8.36. The zero-order chi connectivity index (χ0) is 16.5. The first kappa shape index (κ1) is 17.4. The van der Waals surface area contributed by atoms with Gasteiger partial charge in [0.15, 0.2) is 0 Å². The fourth-order valence-electron chi connectivity index (χ4n) is 2.19. The Morgan fingerprint density at radius 1 is 1.09 bits per heavy atom. The Morgan fingerprint density at radius 3 is 2.57 bits per heavy atom. The molecular weight excluding hydrogens is 310 g/mol. The normalized spacial score (nSPS) is 10.3. The molecule has 0 aliphatic rings. The van der Waals surface area contributed by atoms with Crippen LogP contribution in [0.2, 0.25) is 5.02 Å². The molecule has 2 aromatic carbocycles. The molecule has 0 aliphatic carbocycles. The Bertz CT molecular complexity index is 626. The van der Waals surface area contributed by atoms with Gasteiger partial charge in [0.25, 0.3) is 5.91 Å². The first-order valence-electron chi connectivity index (χ1n) is 7.99. The monoisotopic (exact) mass is 331 g/mol. The van der Waals surface area contributed by atoms with Crippen LogP contribution in [0.1, 0.15) is 43.0 Å². The number of hydrogen-bond donors (Lipinski definition) is 1. The van der Waals surface area contributed by atoms with Crippen LogP contribution in [-0.4, -0.2) is 12.5 Å². The van der Waals surface area contributed by atoms with Gasteiger partial charge in [-0.1, -0.05) is 43.9 Å². The first-order chi connectivity index (χ1) is 11.2. The van der Waals surface area contributed by atoms with E-state index in [4.69, 9.17) is 16.3 Å². The number of carbonyl (C=O) groups excluding carboxylic acids is 1. The highest BCUT2D eigenvalue weighted by molar-refractivity contribution is 6.31. The van der Waals surface area contributed by atoms with Crippen LogP contribution in [0, 0.1) is 0 Å². The van der Waals surface area contributed by atoms with E-state index in [2.05, 4.69) is 12.2 Å². The minimum Gasteiger partial charge on any atom is -0.494 e. The Balaban J connectivity index is 1.83. The minimum atomic E-state index is -0.180. The summed E-state index contributed by atoms with van der Waals surface area (Å²) in [6.45, 7) is 2.92. The summed E-state index contributed by atoms with van der Waals surface area (Å²) in [5.74, 6) is 0.642. The predicted octanol–water partition coefficient (Wildman–Crippen LogP) is 5.55. The van der Waals surface area contributed by atoms with Crippen molar-refractivity contribution >= 4 is 23.2 Å². The van der Waals surface area contributed by atoms with Gasteiger partial charge in [0.2, 0.25) is 0 Å². The number of benzene rings is 2. The SMILES string of the molecule is CCCCCCOc1ccc(NC(=O)c2cccc(Cl)c2)cc1. The maximum absolute atomic E-state index is 12.1. The van der Waals surface area contributed by atoms with Crippen molar-refractivity contribution in [2.24, 2.45) is 0 Å². The van der Waals surface area contributed by atoms with E-state index in [1.54, 1.807) is 24.3 Å². The number of amides is 1. The number of ether oxygens (including phenoxy) is 1. The molecule has 4 heteroatoms. The van der Waals surface area contributed by atoms with Gasteiger partial charge < -0.3 is 10.1 Å². The summed E-state index contributed by atoms with van der Waals surface area (Å²) < 4.78 is 5.68. The summed E-state index contributed by atoms with van der Waals surface area (Å²) in [6, 6.07) is 14.3. The molecular formula is C19H22ClNO2. The second kappa shape index (κ2) is 9.21. The van der Waals surface area contributed by atoms with Gasteiger partial charge in [-0.25, -0.2) is 0 Å². The van der Waals surface area contributed by atoms with Gasteiger partial charge in [0, 0.05) is 16.3 Å². The quantitative estimate of drug-likeness (QED) is 0.644. The Hall–Kier alpha value is -2.00. The highest BCUT2D eigenvalue weighted by Gasteiger charge is 2.06. The van der Waals surface area contributed by atoms with Crippen LogP contribution in [0.4, 0.5) is 5.69 Å². The van der Waals surface area contributed by atoms with E-state index in [-0.39, 0.29) is 5.91 Å². The molecule has 122 valence electrons. The summed E-state index contributed by atoms with van der Waals surface area (Å²) in [7, 11) is 0. The summed E-state index contributed by atoms with van der Waals surface area (Å²) in [6.07, 6.45) is 4.74. The number of halogens is 1. The fraction of sp³-hybridized carbons (Fsp3) is 0.316. The van der Waals surface area contributed by atoms with Gasteiger partial charge >= 0.3 is 0 Å². The van der Waals surface area contributed by atoms with Crippen molar-refractivity contribution in [1.29, 1.82) is 0 Å². The third kappa shape index (κ3) is 5.95. The van der Waals surface area contributed by atoms with Gasteiger partial charge in [-0.3, -0.25) is 4.79 Å². The van der Waals surface area contributed by atoms with Gasteiger partial charge in [-0.2, -0.15) is 0 Å². The van der Waals surface area contributed by atoms with Crippen LogP contribution in [-0.2, 0) is 0 Å². The number of carbonyl (C=O) groups is 1. The molecule has 2 rings (SSSR count).